The van der Waals surface area contributed by atoms with Crippen molar-refractivity contribution in [3.8, 4) is 0 Å². The van der Waals surface area contributed by atoms with E-state index in [9.17, 15) is 4.79 Å². The molecule has 0 aliphatic heterocycles. The van der Waals surface area contributed by atoms with E-state index < -0.39 is 0 Å². The van der Waals surface area contributed by atoms with Gasteiger partial charge in [0.05, 0.1) is 6.61 Å². The van der Waals surface area contributed by atoms with Gasteiger partial charge in [-0.1, -0.05) is 23.7 Å². The molecule has 0 spiro atoms. The number of carbonyl (C=O) groups is 1. The van der Waals surface area contributed by atoms with E-state index in [2.05, 4.69) is 5.32 Å². The molecule has 0 aliphatic rings. The second-order valence-corrected chi connectivity index (χ2v) is 5.35. The molecule has 17 heavy (non-hydrogen) atoms. The van der Waals surface area contributed by atoms with Crippen LogP contribution in [0.15, 0.2) is 24.3 Å². The van der Waals surface area contributed by atoms with Gasteiger partial charge in [0.25, 0.3) is 0 Å². The Morgan fingerprint density at radius 2 is 1.88 bits per heavy atom. The maximum Gasteiger partial charge on any atom is 0.246 e. The van der Waals surface area contributed by atoms with E-state index in [1.54, 1.807) is 12.1 Å². The first kappa shape index (κ1) is 14.0. The minimum atomic E-state index is -0.222. The lowest BCUT2D eigenvalue weighted by molar-refractivity contribution is -0.127. The van der Waals surface area contributed by atoms with Crippen molar-refractivity contribution < 1.29 is 9.53 Å². The van der Waals surface area contributed by atoms with Crippen LogP contribution in [0.25, 0.3) is 0 Å². The number of carbonyl (C=O) groups excluding carboxylic acids is 1. The average molecular weight is 256 g/mol. The first-order chi connectivity index (χ1) is 7.87. The van der Waals surface area contributed by atoms with Crippen molar-refractivity contribution in [2.45, 2.75) is 32.9 Å². The third kappa shape index (κ3) is 6.29. The Hall–Kier alpha value is -1.06. The molecule has 0 saturated carbocycles. The van der Waals surface area contributed by atoms with E-state index in [0.29, 0.717) is 11.6 Å². The van der Waals surface area contributed by atoms with Gasteiger partial charge in [0.1, 0.15) is 6.61 Å². The summed E-state index contributed by atoms with van der Waals surface area (Å²) in [5.74, 6) is -0.105. The highest BCUT2D eigenvalue weighted by atomic mass is 35.5. The van der Waals surface area contributed by atoms with Crippen molar-refractivity contribution in [2.24, 2.45) is 0 Å². The summed E-state index contributed by atoms with van der Waals surface area (Å²) in [5, 5.41) is 3.52. The number of ether oxygens (including phenoxy) is 1. The smallest absolute Gasteiger partial charge is 0.246 e. The third-order valence-electron chi connectivity index (χ3n) is 1.93. The molecular formula is C13H18ClNO2. The van der Waals surface area contributed by atoms with Gasteiger partial charge in [-0.2, -0.15) is 0 Å². The lowest BCUT2D eigenvalue weighted by atomic mass is 10.1. The van der Waals surface area contributed by atoms with Crippen LogP contribution in [-0.4, -0.2) is 18.1 Å². The molecule has 0 saturated heterocycles. The summed E-state index contributed by atoms with van der Waals surface area (Å²) < 4.78 is 5.31. The molecule has 1 amide bonds. The second kappa shape index (κ2) is 6.03. The Morgan fingerprint density at radius 3 is 2.41 bits per heavy atom. The molecule has 1 aromatic carbocycles. The normalized spacial score (nSPS) is 11.3. The molecule has 0 bridgehead atoms. The molecular weight excluding hydrogens is 238 g/mol. The van der Waals surface area contributed by atoms with E-state index in [1.807, 2.05) is 32.9 Å². The van der Waals surface area contributed by atoms with Gasteiger partial charge < -0.3 is 10.1 Å². The minimum absolute atomic E-state index is 0.0693. The molecule has 0 heterocycles. The molecule has 0 aliphatic carbocycles. The fourth-order valence-corrected chi connectivity index (χ4v) is 1.42. The number of hydrogen-bond donors (Lipinski definition) is 1. The molecule has 1 N–H and O–H groups in total. The van der Waals surface area contributed by atoms with E-state index in [1.165, 1.54) is 0 Å². The van der Waals surface area contributed by atoms with E-state index in [0.717, 1.165) is 5.56 Å². The van der Waals surface area contributed by atoms with Crippen LogP contribution >= 0.6 is 11.6 Å². The average Bonchev–Trinajstić information content (AvgIpc) is 2.18. The molecule has 1 rings (SSSR count). The highest BCUT2D eigenvalue weighted by molar-refractivity contribution is 6.30. The van der Waals surface area contributed by atoms with Gasteiger partial charge in [0.15, 0.2) is 0 Å². The third-order valence-corrected chi connectivity index (χ3v) is 2.18. The number of rotatable bonds is 4. The Labute approximate surface area is 107 Å². The summed E-state index contributed by atoms with van der Waals surface area (Å²) in [4.78, 5) is 11.4. The molecule has 0 radical (unpaired) electrons. The molecule has 0 fully saturated rings. The Morgan fingerprint density at radius 1 is 1.29 bits per heavy atom. The topological polar surface area (TPSA) is 38.3 Å². The predicted octanol–water partition coefficient (Wildman–Crippen LogP) is 2.77. The van der Waals surface area contributed by atoms with Crippen LogP contribution in [0.4, 0.5) is 0 Å². The summed E-state index contributed by atoms with van der Waals surface area (Å²) in [6.45, 7) is 6.28. The molecule has 3 nitrogen and oxygen atoms in total. The van der Waals surface area contributed by atoms with Crippen molar-refractivity contribution >= 4 is 17.5 Å². The Balaban J connectivity index is 2.28. The lowest BCUT2D eigenvalue weighted by Gasteiger charge is -2.20. The van der Waals surface area contributed by atoms with Crippen molar-refractivity contribution in [2.75, 3.05) is 6.61 Å². The van der Waals surface area contributed by atoms with E-state index in [-0.39, 0.29) is 18.1 Å². The fourth-order valence-electron chi connectivity index (χ4n) is 1.30. The van der Waals surface area contributed by atoms with Crippen LogP contribution in [0, 0.1) is 0 Å². The molecule has 94 valence electrons. The van der Waals surface area contributed by atoms with Crippen LogP contribution in [0.5, 0.6) is 0 Å². The number of amides is 1. The van der Waals surface area contributed by atoms with Crippen LogP contribution in [0.3, 0.4) is 0 Å². The van der Waals surface area contributed by atoms with Crippen molar-refractivity contribution in [1.82, 2.24) is 5.32 Å². The van der Waals surface area contributed by atoms with Crippen LogP contribution in [0.1, 0.15) is 26.3 Å². The highest BCUT2D eigenvalue weighted by Gasteiger charge is 2.13. The first-order valence-corrected chi connectivity index (χ1v) is 5.88. The summed E-state index contributed by atoms with van der Waals surface area (Å²) in [7, 11) is 0. The zero-order chi connectivity index (χ0) is 12.9. The molecule has 0 unspecified atom stereocenters. The minimum Gasteiger partial charge on any atom is -0.367 e. The molecule has 0 aromatic heterocycles. The predicted molar refractivity (Wildman–Crippen MR) is 69.0 cm³/mol. The van der Waals surface area contributed by atoms with E-state index in [4.69, 9.17) is 16.3 Å². The Bertz CT molecular complexity index is 368. The van der Waals surface area contributed by atoms with Gasteiger partial charge in [-0.05, 0) is 38.5 Å². The van der Waals surface area contributed by atoms with Gasteiger partial charge in [-0.25, -0.2) is 0 Å². The zero-order valence-corrected chi connectivity index (χ0v) is 11.2. The van der Waals surface area contributed by atoms with Gasteiger partial charge >= 0.3 is 0 Å². The zero-order valence-electron chi connectivity index (χ0n) is 10.4. The van der Waals surface area contributed by atoms with Crippen LogP contribution < -0.4 is 5.32 Å². The van der Waals surface area contributed by atoms with Crippen LogP contribution in [0.2, 0.25) is 5.02 Å². The standard InChI is InChI=1S/C13H18ClNO2/c1-13(2,3)15-12(16)9-17-8-10-4-6-11(14)7-5-10/h4-7H,8-9H2,1-3H3,(H,15,16). The van der Waals surface area contributed by atoms with Gasteiger partial charge in [0, 0.05) is 10.6 Å². The first-order valence-electron chi connectivity index (χ1n) is 5.50. The Kier molecular flexibility index (Phi) is 4.97. The molecule has 4 heteroatoms. The quantitative estimate of drug-likeness (QED) is 0.899. The monoisotopic (exact) mass is 255 g/mol. The maximum absolute atomic E-state index is 11.4. The summed E-state index contributed by atoms with van der Waals surface area (Å²) in [6, 6.07) is 7.36. The van der Waals surface area contributed by atoms with Crippen LogP contribution in [-0.2, 0) is 16.1 Å². The maximum atomic E-state index is 11.4. The largest absolute Gasteiger partial charge is 0.367 e. The van der Waals surface area contributed by atoms with Crippen molar-refractivity contribution in [3.63, 3.8) is 0 Å². The van der Waals surface area contributed by atoms with E-state index >= 15 is 0 Å². The second-order valence-electron chi connectivity index (χ2n) is 4.92. The SMILES string of the molecule is CC(C)(C)NC(=O)COCc1ccc(Cl)cc1. The van der Waals surface area contributed by atoms with Gasteiger partial charge in [-0.3, -0.25) is 4.79 Å². The van der Waals surface area contributed by atoms with Gasteiger partial charge in [0.2, 0.25) is 5.91 Å². The highest BCUT2D eigenvalue weighted by Crippen LogP contribution is 2.10. The summed E-state index contributed by atoms with van der Waals surface area (Å²) >= 11 is 5.76. The van der Waals surface area contributed by atoms with Gasteiger partial charge in [-0.15, -0.1) is 0 Å². The lowest BCUT2D eigenvalue weighted by Crippen LogP contribution is -2.42. The fraction of sp³-hybridized carbons (Fsp3) is 0.462. The molecule has 1 aromatic rings. The summed E-state index contributed by atoms with van der Waals surface area (Å²) in [5.41, 5.74) is 0.777. The number of hydrogen-bond acceptors (Lipinski definition) is 2. The summed E-state index contributed by atoms with van der Waals surface area (Å²) in [6.07, 6.45) is 0. The van der Waals surface area contributed by atoms with Crippen molar-refractivity contribution in [1.29, 1.82) is 0 Å². The molecule has 0 atom stereocenters. The number of benzene rings is 1. The number of nitrogens with one attached hydrogen (secondary N) is 1. The van der Waals surface area contributed by atoms with Crippen molar-refractivity contribution in [3.05, 3.63) is 34.9 Å². The number of halogens is 1.